The monoisotopic (exact) mass is 335 g/mol. The van der Waals surface area contributed by atoms with Crippen molar-refractivity contribution in [2.24, 2.45) is 5.92 Å². The number of hydrogen-bond acceptors (Lipinski definition) is 4. The standard InChI is InChI=1S/C21H25N3O/c1-5-18-17-12-15(16-10-11-22-13-20(16)25-4)7-8-19(17)24-21(23-18)9-6-14(2)3/h7-8,10-14H,5-6,9H2,1-4H3. The number of benzene rings is 1. The second kappa shape index (κ2) is 7.60. The summed E-state index contributed by atoms with van der Waals surface area (Å²) in [6, 6.07) is 8.32. The normalized spacial score (nSPS) is 11.2. The van der Waals surface area contributed by atoms with Gasteiger partial charge >= 0.3 is 0 Å². The van der Waals surface area contributed by atoms with Crippen molar-refractivity contribution in [3.8, 4) is 16.9 Å². The van der Waals surface area contributed by atoms with Crippen LogP contribution in [0.15, 0.2) is 36.7 Å². The van der Waals surface area contributed by atoms with Gasteiger partial charge in [0.2, 0.25) is 0 Å². The molecule has 0 spiro atoms. The van der Waals surface area contributed by atoms with E-state index in [1.54, 1.807) is 19.5 Å². The predicted molar refractivity (Wildman–Crippen MR) is 102 cm³/mol. The molecule has 4 heteroatoms. The average molecular weight is 335 g/mol. The summed E-state index contributed by atoms with van der Waals surface area (Å²) in [5.41, 5.74) is 4.26. The first-order chi connectivity index (χ1) is 12.1. The number of nitrogens with zero attached hydrogens (tertiary/aromatic N) is 3. The Morgan fingerprint density at radius 3 is 2.68 bits per heavy atom. The van der Waals surface area contributed by atoms with Crippen LogP contribution in [0.3, 0.4) is 0 Å². The lowest BCUT2D eigenvalue weighted by molar-refractivity contribution is 0.414. The van der Waals surface area contributed by atoms with Crippen molar-refractivity contribution in [2.45, 2.75) is 40.0 Å². The Morgan fingerprint density at radius 2 is 1.96 bits per heavy atom. The molecule has 0 saturated heterocycles. The third-order valence-electron chi connectivity index (χ3n) is 4.42. The van der Waals surface area contributed by atoms with Gasteiger partial charge in [-0.25, -0.2) is 9.97 Å². The first-order valence-electron chi connectivity index (χ1n) is 8.90. The van der Waals surface area contributed by atoms with Crippen LogP contribution in [-0.4, -0.2) is 22.1 Å². The van der Waals surface area contributed by atoms with E-state index in [1.165, 1.54) is 0 Å². The van der Waals surface area contributed by atoms with Crippen LogP contribution in [0.4, 0.5) is 0 Å². The molecule has 0 unspecified atom stereocenters. The van der Waals surface area contributed by atoms with Crippen molar-refractivity contribution in [1.29, 1.82) is 0 Å². The quantitative estimate of drug-likeness (QED) is 0.646. The molecule has 2 aromatic heterocycles. The van der Waals surface area contributed by atoms with Crippen LogP contribution in [0.5, 0.6) is 5.75 Å². The maximum Gasteiger partial charge on any atom is 0.144 e. The summed E-state index contributed by atoms with van der Waals surface area (Å²) < 4.78 is 5.45. The summed E-state index contributed by atoms with van der Waals surface area (Å²) in [4.78, 5) is 13.7. The number of ether oxygens (including phenoxy) is 1. The molecule has 2 heterocycles. The van der Waals surface area contributed by atoms with Gasteiger partial charge in [0.1, 0.15) is 11.6 Å². The molecule has 0 amide bonds. The molecule has 0 fully saturated rings. The van der Waals surface area contributed by atoms with Crippen molar-refractivity contribution >= 4 is 10.9 Å². The van der Waals surface area contributed by atoms with E-state index in [9.17, 15) is 0 Å². The van der Waals surface area contributed by atoms with Crippen LogP contribution in [-0.2, 0) is 12.8 Å². The fourth-order valence-corrected chi connectivity index (χ4v) is 2.99. The number of hydrogen-bond donors (Lipinski definition) is 0. The minimum atomic E-state index is 0.658. The topological polar surface area (TPSA) is 47.9 Å². The highest BCUT2D eigenvalue weighted by Crippen LogP contribution is 2.31. The van der Waals surface area contributed by atoms with E-state index in [-0.39, 0.29) is 0 Å². The lowest BCUT2D eigenvalue weighted by Crippen LogP contribution is -2.03. The van der Waals surface area contributed by atoms with Crippen molar-refractivity contribution in [3.05, 3.63) is 48.2 Å². The van der Waals surface area contributed by atoms with E-state index in [2.05, 4.69) is 44.0 Å². The Labute approximate surface area is 149 Å². The zero-order chi connectivity index (χ0) is 17.8. The summed E-state index contributed by atoms with van der Waals surface area (Å²) in [5.74, 6) is 2.38. The van der Waals surface area contributed by atoms with Crippen molar-refractivity contribution in [3.63, 3.8) is 0 Å². The molecular formula is C21H25N3O. The minimum absolute atomic E-state index is 0.658. The molecule has 25 heavy (non-hydrogen) atoms. The molecule has 3 rings (SSSR count). The average Bonchev–Trinajstić information content (AvgIpc) is 2.65. The Bertz CT molecular complexity index is 874. The minimum Gasteiger partial charge on any atom is -0.494 e. The molecule has 0 saturated carbocycles. The van der Waals surface area contributed by atoms with Gasteiger partial charge in [0, 0.05) is 23.6 Å². The number of pyridine rings is 1. The molecule has 0 aliphatic carbocycles. The number of rotatable bonds is 6. The third-order valence-corrected chi connectivity index (χ3v) is 4.42. The Kier molecular flexibility index (Phi) is 5.27. The third kappa shape index (κ3) is 3.78. The van der Waals surface area contributed by atoms with Gasteiger partial charge < -0.3 is 4.74 Å². The van der Waals surface area contributed by atoms with Crippen LogP contribution >= 0.6 is 0 Å². The summed E-state index contributed by atoms with van der Waals surface area (Å²) >= 11 is 0. The van der Waals surface area contributed by atoms with Gasteiger partial charge in [-0.05, 0) is 42.5 Å². The highest BCUT2D eigenvalue weighted by atomic mass is 16.5. The summed E-state index contributed by atoms with van der Waals surface area (Å²) in [5, 5.41) is 1.12. The van der Waals surface area contributed by atoms with Crippen LogP contribution in [0.25, 0.3) is 22.0 Å². The zero-order valence-corrected chi connectivity index (χ0v) is 15.4. The molecular weight excluding hydrogens is 310 g/mol. The zero-order valence-electron chi connectivity index (χ0n) is 15.4. The lowest BCUT2D eigenvalue weighted by atomic mass is 10.0. The molecule has 4 nitrogen and oxygen atoms in total. The van der Waals surface area contributed by atoms with Crippen LogP contribution < -0.4 is 4.74 Å². The summed E-state index contributed by atoms with van der Waals surface area (Å²) in [7, 11) is 1.67. The molecule has 0 radical (unpaired) electrons. The van der Waals surface area contributed by atoms with Crippen molar-refractivity contribution < 1.29 is 4.74 Å². The SMILES string of the molecule is CCc1nc(CCC(C)C)nc2ccc(-c3ccncc3OC)cc12. The Balaban J connectivity index is 2.06. The van der Waals surface area contributed by atoms with Crippen molar-refractivity contribution in [2.75, 3.05) is 7.11 Å². The number of methoxy groups -OCH3 is 1. The maximum atomic E-state index is 5.45. The lowest BCUT2D eigenvalue weighted by Gasteiger charge is -2.12. The number of fused-ring (bicyclic) bond motifs is 1. The largest absolute Gasteiger partial charge is 0.494 e. The van der Waals surface area contributed by atoms with Crippen molar-refractivity contribution in [1.82, 2.24) is 15.0 Å². The fourth-order valence-electron chi connectivity index (χ4n) is 2.99. The molecule has 130 valence electrons. The molecule has 1 aromatic carbocycles. The predicted octanol–water partition coefficient (Wildman–Crippen LogP) is 4.85. The van der Waals surface area contributed by atoms with Gasteiger partial charge in [-0.1, -0.05) is 26.8 Å². The first kappa shape index (κ1) is 17.3. The highest BCUT2D eigenvalue weighted by molar-refractivity contribution is 5.87. The van der Waals surface area contributed by atoms with E-state index >= 15 is 0 Å². The summed E-state index contributed by atoms with van der Waals surface area (Å²) in [6.45, 7) is 6.61. The van der Waals surface area contributed by atoms with Gasteiger partial charge in [-0.2, -0.15) is 0 Å². The van der Waals surface area contributed by atoms with Gasteiger partial charge in [-0.15, -0.1) is 0 Å². The van der Waals surface area contributed by atoms with E-state index in [0.29, 0.717) is 5.92 Å². The number of aromatic nitrogens is 3. The molecule has 0 atom stereocenters. The van der Waals surface area contributed by atoms with Crippen LogP contribution in [0, 0.1) is 5.92 Å². The van der Waals surface area contributed by atoms with Crippen LogP contribution in [0.2, 0.25) is 0 Å². The van der Waals surface area contributed by atoms with Gasteiger partial charge in [0.25, 0.3) is 0 Å². The second-order valence-electron chi connectivity index (χ2n) is 6.68. The second-order valence-corrected chi connectivity index (χ2v) is 6.68. The first-order valence-corrected chi connectivity index (χ1v) is 8.90. The highest BCUT2D eigenvalue weighted by Gasteiger charge is 2.11. The molecule has 3 aromatic rings. The smallest absolute Gasteiger partial charge is 0.144 e. The Hall–Kier alpha value is -2.49. The Morgan fingerprint density at radius 1 is 1.12 bits per heavy atom. The maximum absolute atomic E-state index is 5.45. The van der Waals surface area contributed by atoms with Gasteiger partial charge in [0.15, 0.2) is 0 Å². The fraction of sp³-hybridized carbons (Fsp3) is 0.381. The van der Waals surface area contributed by atoms with Crippen LogP contribution in [0.1, 0.15) is 38.7 Å². The van der Waals surface area contributed by atoms with E-state index in [4.69, 9.17) is 14.7 Å². The molecule has 0 bridgehead atoms. The molecule has 0 N–H and O–H groups in total. The van der Waals surface area contributed by atoms with E-state index in [1.807, 2.05) is 6.07 Å². The molecule has 0 aliphatic rings. The van der Waals surface area contributed by atoms with E-state index in [0.717, 1.165) is 58.6 Å². The number of aryl methyl sites for hydroxylation is 2. The van der Waals surface area contributed by atoms with Gasteiger partial charge in [-0.3, -0.25) is 4.98 Å². The van der Waals surface area contributed by atoms with E-state index < -0.39 is 0 Å². The van der Waals surface area contributed by atoms with Gasteiger partial charge in [0.05, 0.1) is 24.5 Å². The summed E-state index contributed by atoms with van der Waals surface area (Å²) in [6.07, 6.45) is 6.46. The molecule has 0 aliphatic heterocycles.